The van der Waals surface area contributed by atoms with E-state index in [4.69, 9.17) is 5.73 Å². The van der Waals surface area contributed by atoms with Crippen molar-refractivity contribution in [3.05, 3.63) is 44.6 Å². The molecular formula is C11H10FIN2O2S2. The van der Waals surface area contributed by atoms with Crippen LogP contribution in [0.4, 0.5) is 10.1 Å². The summed E-state index contributed by atoms with van der Waals surface area (Å²) in [6.45, 7) is 0.292. The number of hydrogen-bond donors (Lipinski definition) is 2. The molecule has 0 bridgehead atoms. The average molecular weight is 412 g/mol. The highest BCUT2D eigenvalue weighted by molar-refractivity contribution is 14.1. The summed E-state index contributed by atoms with van der Waals surface area (Å²) in [4.78, 5) is 0. The SMILES string of the molecule is NCc1csc(S(=O)(=O)Nc2ccc(F)cc2I)c1. The zero-order valence-electron chi connectivity index (χ0n) is 9.56. The Morgan fingerprint density at radius 3 is 2.68 bits per heavy atom. The van der Waals surface area contributed by atoms with E-state index in [0.717, 1.165) is 16.9 Å². The van der Waals surface area contributed by atoms with Crippen molar-refractivity contribution in [2.24, 2.45) is 5.73 Å². The number of halogens is 2. The van der Waals surface area contributed by atoms with Crippen LogP contribution in [0, 0.1) is 9.39 Å². The summed E-state index contributed by atoms with van der Waals surface area (Å²) in [7, 11) is -3.65. The summed E-state index contributed by atoms with van der Waals surface area (Å²) in [5.41, 5.74) is 6.56. The molecule has 0 fully saturated rings. The predicted octanol–water partition coefficient (Wildman–Crippen LogP) is 2.75. The molecule has 0 saturated heterocycles. The minimum absolute atomic E-state index is 0.188. The number of benzene rings is 1. The second-order valence-corrected chi connectivity index (χ2v) is 7.69. The molecule has 8 heteroatoms. The summed E-state index contributed by atoms with van der Waals surface area (Å²) < 4.78 is 40.3. The van der Waals surface area contributed by atoms with E-state index in [-0.39, 0.29) is 4.21 Å². The molecule has 2 rings (SSSR count). The highest BCUT2D eigenvalue weighted by Crippen LogP contribution is 2.25. The molecule has 1 aromatic heterocycles. The van der Waals surface area contributed by atoms with Crippen molar-refractivity contribution in [3.8, 4) is 0 Å². The van der Waals surface area contributed by atoms with E-state index in [1.54, 1.807) is 5.38 Å². The van der Waals surface area contributed by atoms with E-state index in [1.165, 1.54) is 24.3 Å². The lowest BCUT2D eigenvalue weighted by Crippen LogP contribution is -2.12. The summed E-state index contributed by atoms with van der Waals surface area (Å²) in [5, 5.41) is 1.70. The first-order chi connectivity index (χ1) is 8.92. The summed E-state index contributed by atoms with van der Waals surface area (Å²) in [6, 6.07) is 5.40. The molecule has 0 aliphatic heterocycles. The molecule has 4 nitrogen and oxygen atoms in total. The van der Waals surface area contributed by atoms with Crippen molar-refractivity contribution in [2.45, 2.75) is 10.8 Å². The maximum absolute atomic E-state index is 13.0. The van der Waals surface area contributed by atoms with Gasteiger partial charge in [0.1, 0.15) is 10.0 Å². The lowest BCUT2D eigenvalue weighted by molar-refractivity contribution is 0.602. The number of rotatable bonds is 4. The molecule has 0 radical (unpaired) electrons. The molecule has 0 unspecified atom stereocenters. The van der Waals surface area contributed by atoms with E-state index in [0.29, 0.717) is 15.8 Å². The van der Waals surface area contributed by atoms with Gasteiger partial charge in [0.25, 0.3) is 10.0 Å². The van der Waals surface area contributed by atoms with E-state index >= 15 is 0 Å². The van der Waals surface area contributed by atoms with Gasteiger partial charge in [-0.1, -0.05) is 0 Å². The molecule has 1 aromatic carbocycles. The van der Waals surface area contributed by atoms with Crippen LogP contribution >= 0.6 is 33.9 Å². The second-order valence-electron chi connectivity index (χ2n) is 3.71. The highest BCUT2D eigenvalue weighted by atomic mass is 127. The topological polar surface area (TPSA) is 72.2 Å². The van der Waals surface area contributed by atoms with Gasteiger partial charge >= 0.3 is 0 Å². The lowest BCUT2D eigenvalue weighted by atomic mass is 10.3. The third-order valence-electron chi connectivity index (χ3n) is 2.31. The fourth-order valence-corrected chi connectivity index (χ4v) is 4.47. The predicted molar refractivity (Wildman–Crippen MR) is 82.1 cm³/mol. The van der Waals surface area contributed by atoms with Crippen molar-refractivity contribution in [2.75, 3.05) is 4.72 Å². The van der Waals surface area contributed by atoms with Crippen LogP contribution in [-0.4, -0.2) is 8.42 Å². The molecule has 0 spiro atoms. The first-order valence-electron chi connectivity index (χ1n) is 5.18. The number of nitrogens with one attached hydrogen (secondary N) is 1. The molecule has 0 amide bonds. The average Bonchev–Trinajstić information content (AvgIpc) is 2.82. The second kappa shape index (κ2) is 5.73. The zero-order chi connectivity index (χ0) is 14.0. The number of anilines is 1. The Morgan fingerprint density at radius 2 is 2.11 bits per heavy atom. The summed E-state index contributed by atoms with van der Waals surface area (Å²) >= 11 is 2.98. The van der Waals surface area contributed by atoms with Crippen LogP contribution in [0.5, 0.6) is 0 Å². The van der Waals surface area contributed by atoms with Crippen LogP contribution in [0.3, 0.4) is 0 Å². The van der Waals surface area contributed by atoms with Crippen molar-refractivity contribution in [3.63, 3.8) is 0 Å². The van der Waals surface area contributed by atoms with Crippen molar-refractivity contribution in [1.82, 2.24) is 0 Å². The number of nitrogens with two attached hydrogens (primary N) is 1. The van der Waals surface area contributed by atoms with E-state index in [2.05, 4.69) is 4.72 Å². The van der Waals surface area contributed by atoms with Gasteiger partial charge in [0, 0.05) is 10.1 Å². The van der Waals surface area contributed by atoms with Gasteiger partial charge < -0.3 is 5.73 Å². The molecule has 3 N–H and O–H groups in total. The standard InChI is InChI=1S/C11H10FIN2O2S2/c12-8-1-2-10(9(13)4-8)15-19(16,17)11-3-7(5-14)6-18-11/h1-4,6,15H,5,14H2. The lowest BCUT2D eigenvalue weighted by Gasteiger charge is -2.08. The van der Waals surface area contributed by atoms with Crippen LogP contribution in [0.25, 0.3) is 0 Å². The van der Waals surface area contributed by atoms with Gasteiger partial charge in [0.05, 0.1) is 5.69 Å². The molecular weight excluding hydrogens is 402 g/mol. The molecule has 0 aliphatic carbocycles. The Balaban J connectivity index is 2.30. The van der Waals surface area contributed by atoms with Gasteiger partial charge in [-0.3, -0.25) is 4.72 Å². The Hall–Kier alpha value is -0.710. The molecule has 0 aliphatic rings. The Morgan fingerprint density at radius 1 is 1.37 bits per heavy atom. The van der Waals surface area contributed by atoms with E-state index in [9.17, 15) is 12.8 Å². The van der Waals surface area contributed by atoms with Crippen molar-refractivity contribution >= 4 is 49.6 Å². The Bertz CT molecular complexity index is 700. The van der Waals surface area contributed by atoms with Gasteiger partial charge in [-0.2, -0.15) is 0 Å². The molecule has 2 aromatic rings. The number of sulfonamides is 1. The van der Waals surface area contributed by atoms with Gasteiger partial charge in [0.2, 0.25) is 0 Å². The minimum Gasteiger partial charge on any atom is -0.326 e. The maximum atomic E-state index is 13.0. The molecule has 102 valence electrons. The van der Waals surface area contributed by atoms with Gasteiger partial charge in [-0.25, -0.2) is 12.8 Å². The van der Waals surface area contributed by atoms with Crippen LogP contribution in [0.2, 0.25) is 0 Å². The smallest absolute Gasteiger partial charge is 0.271 e. The van der Waals surface area contributed by atoms with Crippen LogP contribution in [0.1, 0.15) is 5.56 Å². The Labute approximate surface area is 128 Å². The summed E-state index contributed by atoms with van der Waals surface area (Å²) in [6.07, 6.45) is 0. The van der Waals surface area contributed by atoms with Gasteiger partial charge in [-0.05, 0) is 57.8 Å². The van der Waals surface area contributed by atoms with E-state index < -0.39 is 15.8 Å². The Kier molecular flexibility index (Phi) is 4.43. The van der Waals surface area contributed by atoms with Crippen LogP contribution in [0.15, 0.2) is 33.9 Å². The quantitative estimate of drug-likeness (QED) is 0.759. The largest absolute Gasteiger partial charge is 0.326 e. The monoisotopic (exact) mass is 412 g/mol. The van der Waals surface area contributed by atoms with Gasteiger partial charge in [-0.15, -0.1) is 11.3 Å². The zero-order valence-corrected chi connectivity index (χ0v) is 13.4. The normalized spacial score (nSPS) is 11.5. The van der Waals surface area contributed by atoms with Crippen molar-refractivity contribution < 1.29 is 12.8 Å². The molecule has 19 heavy (non-hydrogen) atoms. The van der Waals surface area contributed by atoms with Crippen LogP contribution < -0.4 is 10.5 Å². The first kappa shape index (κ1) is 14.7. The van der Waals surface area contributed by atoms with Crippen molar-refractivity contribution in [1.29, 1.82) is 0 Å². The van der Waals surface area contributed by atoms with Crippen LogP contribution in [-0.2, 0) is 16.6 Å². The summed E-state index contributed by atoms with van der Waals surface area (Å²) in [5.74, 6) is -0.408. The third kappa shape index (κ3) is 3.44. The fraction of sp³-hybridized carbons (Fsp3) is 0.0909. The van der Waals surface area contributed by atoms with Gasteiger partial charge in [0.15, 0.2) is 0 Å². The number of thiophene rings is 1. The minimum atomic E-state index is -3.65. The third-order valence-corrected chi connectivity index (χ3v) is 6.05. The molecule has 1 heterocycles. The van der Waals surface area contributed by atoms with E-state index in [1.807, 2.05) is 22.6 Å². The first-order valence-corrected chi connectivity index (χ1v) is 8.62. The fourth-order valence-electron chi connectivity index (χ4n) is 1.37. The molecule has 0 saturated carbocycles. The molecule has 0 atom stereocenters. The number of hydrogen-bond acceptors (Lipinski definition) is 4. The highest BCUT2D eigenvalue weighted by Gasteiger charge is 2.18. The maximum Gasteiger partial charge on any atom is 0.271 e.